The van der Waals surface area contributed by atoms with Crippen molar-refractivity contribution in [3.05, 3.63) is 87.4 Å². The van der Waals surface area contributed by atoms with Crippen molar-refractivity contribution in [2.45, 2.75) is 45.8 Å². The zero-order valence-electron chi connectivity index (χ0n) is 19.6. The van der Waals surface area contributed by atoms with E-state index in [4.69, 9.17) is 0 Å². The molecule has 0 radical (unpaired) electrons. The topological polar surface area (TPSA) is 93.8 Å². The second-order valence-electron chi connectivity index (χ2n) is 9.02. The maximum Gasteiger partial charge on any atom is 0.294 e. The number of benzene rings is 1. The van der Waals surface area contributed by atoms with E-state index in [0.717, 1.165) is 27.9 Å². The first-order valence-corrected chi connectivity index (χ1v) is 11.5. The van der Waals surface area contributed by atoms with Gasteiger partial charge in [0.1, 0.15) is 6.04 Å². The van der Waals surface area contributed by atoms with Gasteiger partial charge in [0.15, 0.2) is 5.82 Å². The molecule has 3 aromatic heterocycles. The lowest BCUT2D eigenvalue weighted by atomic mass is 10.1. The summed E-state index contributed by atoms with van der Waals surface area (Å²) in [5.74, 6) is 0.111. The SMILES string of the molecule is Cc1cc(C)cc(CNc2ncc3n(c2=O)C(C(=O)NCc2cc4cnccc4n2C)CC3)c1. The normalized spacial score (nSPS) is 14.9. The van der Waals surface area contributed by atoms with Crippen LogP contribution >= 0.6 is 0 Å². The quantitative estimate of drug-likeness (QED) is 0.465. The number of hydrogen-bond donors (Lipinski definition) is 2. The van der Waals surface area contributed by atoms with Gasteiger partial charge in [-0.25, -0.2) is 4.98 Å². The van der Waals surface area contributed by atoms with Crippen molar-refractivity contribution in [1.29, 1.82) is 0 Å². The third-order valence-electron chi connectivity index (χ3n) is 6.49. The molecule has 0 spiro atoms. The Morgan fingerprint density at radius 1 is 1.12 bits per heavy atom. The molecule has 1 atom stereocenters. The van der Waals surface area contributed by atoms with Crippen LogP contribution in [0.1, 0.15) is 40.5 Å². The molecule has 0 saturated carbocycles. The van der Waals surface area contributed by atoms with Gasteiger partial charge in [0, 0.05) is 49.0 Å². The monoisotopic (exact) mass is 456 g/mol. The van der Waals surface area contributed by atoms with Crippen molar-refractivity contribution in [2.24, 2.45) is 7.05 Å². The van der Waals surface area contributed by atoms with Crippen LogP contribution in [0.15, 0.2) is 53.7 Å². The number of carbonyl (C=O) groups excluding carboxylic acids is 1. The Hall–Kier alpha value is -3.94. The van der Waals surface area contributed by atoms with E-state index in [1.54, 1.807) is 17.0 Å². The number of nitrogens with one attached hydrogen (secondary N) is 2. The van der Waals surface area contributed by atoms with Crippen LogP contribution in [-0.4, -0.2) is 25.0 Å². The van der Waals surface area contributed by atoms with Crippen LogP contribution in [-0.2, 0) is 31.4 Å². The molecule has 1 aromatic carbocycles. The molecule has 174 valence electrons. The molecule has 1 aliphatic rings. The Morgan fingerprint density at radius 3 is 2.68 bits per heavy atom. The lowest BCUT2D eigenvalue weighted by molar-refractivity contribution is -0.124. The summed E-state index contributed by atoms with van der Waals surface area (Å²) in [5, 5.41) is 7.22. The molecule has 0 aliphatic carbocycles. The number of nitrogens with zero attached hydrogens (tertiary/aromatic N) is 4. The number of aryl methyl sites for hydroxylation is 4. The van der Waals surface area contributed by atoms with E-state index in [1.807, 2.05) is 29.9 Å². The molecule has 34 heavy (non-hydrogen) atoms. The minimum absolute atomic E-state index is 0.157. The lowest BCUT2D eigenvalue weighted by Gasteiger charge is -2.16. The number of amides is 1. The van der Waals surface area contributed by atoms with E-state index in [-0.39, 0.29) is 17.3 Å². The van der Waals surface area contributed by atoms with E-state index < -0.39 is 6.04 Å². The fourth-order valence-corrected chi connectivity index (χ4v) is 4.88. The molecule has 1 unspecified atom stereocenters. The maximum absolute atomic E-state index is 13.2. The molecular weight excluding hydrogens is 428 g/mol. The molecule has 5 rings (SSSR count). The molecule has 0 fully saturated rings. The highest BCUT2D eigenvalue weighted by Gasteiger charge is 2.30. The molecule has 8 heteroatoms. The van der Waals surface area contributed by atoms with Crippen molar-refractivity contribution in [3.63, 3.8) is 0 Å². The van der Waals surface area contributed by atoms with Gasteiger partial charge in [0.2, 0.25) is 5.91 Å². The van der Waals surface area contributed by atoms with Gasteiger partial charge >= 0.3 is 0 Å². The fourth-order valence-electron chi connectivity index (χ4n) is 4.88. The summed E-state index contributed by atoms with van der Waals surface area (Å²) in [6.45, 7) is 4.98. The van der Waals surface area contributed by atoms with Crippen LogP contribution in [0.2, 0.25) is 0 Å². The zero-order chi connectivity index (χ0) is 23.8. The van der Waals surface area contributed by atoms with Crippen LogP contribution in [0.25, 0.3) is 10.9 Å². The minimum Gasteiger partial charge on any atom is -0.361 e. The second kappa shape index (κ2) is 8.78. The fraction of sp³-hybridized carbons (Fsp3) is 0.308. The number of hydrogen-bond acceptors (Lipinski definition) is 5. The van der Waals surface area contributed by atoms with Crippen LogP contribution in [0.3, 0.4) is 0 Å². The highest BCUT2D eigenvalue weighted by atomic mass is 16.2. The largest absolute Gasteiger partial charge is 0.361 e. The number of carbonyl (C=O) groups is 1. The van der Waals surface area contributed by atoms with Gasteiger partial charge < -0.3 is 15.2 Å². The number of fused-ring (bicyclic) bond motifs is 2. The average molecular weight is 457 g/mol. The first kappa shape index (κ1) is 21.9. The molecular formula is C26H28N6O2. The lowest BCUT2D eigenvalue weighted by Crippen LogP contribution is -2.36. The summed E-state index contributed by atoms with van der Waals surface area (Å²) >= 11 is 0. The second-order valence-corrected chi connectivity index (χ2v) is 9.02. The third-order valence-corrected chi connectivity index (χ3v) is 6.49. The Balaban J connectivity index is 1.32. The van der Waals surface area contributed by atoms with E-state index in [1.165, 1.54) is 11.1 Å². The number of anilines is 1. The molecule has 4 heterocycles. The van der Waals surface area contributed by atoms with Gasteiger partial charge in [-0.15, -0.1) is 0 Å². The molecule has 1 amide bonds. The number of pyridine rings is 1. The Bertz CT molecular complexity index is 1430. The molecule has 2 N–H and O–H groups in total. The van der Waals surface area contributed by atoms with Gasteiger partial charge in [0.25, 0.3) is 5.56 Å². The van der Waals surface area contributed by atoms with Gasteiger partial charge in [-0.3, -0.25) is 19.1 Å². The Kier molecular flexibility index (Phi) is 5.65. The third kappa shape index (κ3) is 4.07. The van der Waals surface area contributed by atoms with Crippen molar-refractivity contribution in [1.82, 2.24) is 24.4 Å². The molecule has 8 nitrogen and oxygen atoms in total. The maximum atomic E-state index is 13.2. The zero-order valence-corrected chi connectivity index (χ0v) is 19.6. The van der Waals surface area contributed by atoms with E-state index >= 15 is 0 Å². The van der Waals surface area contributed by atoms with Crippen LogP contribution < -0.4 is 16.2 Å². The van der Waals surface area contributed by atoms with Crippen molar-refractivity contribution >= 4 is 22.6 Å². The van der Waals surface area contributed by atoms with Gasteiger partial charge in [-0.2, -0.15) is 0 Å². The van der Waals surface area contributed by atoms with Gasteiger partial charge in [-0.1, -0.05) is 29.3 Å². The first-order chi connectivity index (χ1) is 16.4. The van der Waals surface area contributed by atoms with E-state index in [2.05, 4.69) is 52.6 Å². The average Bonchev–Trinajstić information content (AvgIpc) is 3.38. The summed E-state index contributed by atoms with van der Waals surface area (Å²) in [6.07, 6.45) is 6.51. The summed E-state index contributed by atoms with van der Waals surface area (Å²) < 4.78 is 3.64. The number of aromatic nitrogens is 4. The van der Waals surface area contributed by atoms with Crippen molar-refractivity contribution in [3.8, 4) is 0 Å². The molecule has 4 aromatic rings. The standard InChI is InChI=1S/C26H28N6O2/c1-16-8-17(2)10-18(9-16)12-28-24-26(34)32-20(14-29-24)4-5-23(32)25(33)30-15-21-11-19-13-27-7-6-22(19)31(21)3/h6-11,13-14,23H,4-5,12,15H2,1-3H3,(H,28,29)(H,30,33). The van der Waals surface area contributed by atoms with Gasteiger partial charge in [-0.05, 0) is 44.4 Å². The number of rotatable bonds is 6. The van der Waals surface area contributed by atoms with Crippen LogP contribution in [0, 0.1) is 13.8 Å². The van der Waals surface area contributed by atoms with Gasteiger partial charge in [0.05, 0.1) is 12.1 Å². The Labute approximate surface area is 197 Å². The highest BCUT2D eigenvalue weighted by Crippen LogP contribution is 2.24. The summed E-state index contributed by atoms with van der Waals surface area (Å²) in [5.41, 5.74) is 6.01. The molecule has 0 bridgehead atoms. The highest BCUT2D eigenvalue weighted by molar-refractivity contribution is 5.82. The molecule has 1 aliphatic heterocycles. The summed E-state index contributed by atoms with van der Waals surface area (Å²) in [7, 11) is 1.97. The first-order valence-electron chi connectivity index (χ1n) is 11.5. The van der Waals surface area contributed by atoms with Crippen molar-refractivity contribution < 1.29 is 4.79 Å². The summed E-state index contributed by atoms with van der Waals surface area (Å²) in [4.78, 5) is 34.8. The van der Waals surface area contributed by atoms with E-state index in [9.17, 15) is 9.59 Å². The van der Waals surface area contributed by atoms with Crippen molar-refractivity contribution in [2.75, 3.05) is 5.32 Å². The smallest absolute Gasteiger partial charge is 0.294 e. The summed E-state index contributed by atoms with van der Waals surface area (Å²) in [6, 6.07) is 9.73. The minimum atomic E-state index is -0.538. The van der Waals surface area contributed by atoms with E-state index in [0.29, 0.717) is 25.9 Å². The van der Waals surface area contributed by atoms with Crippen LogP contribution in [0.4, 0.5) is 5.82 Å². The van der Waals surface area contributed by atoms with Crippen LogP contribution in [0.5, 0.6) is 0 Å². The Morgan fingerprint density at radius 2 is 1.91 bits per heavy atom. The molecule has 0 saturated heterocycles. The predicted octanol–water partition coefficient (Wildman–Crippen LogP) is 3.16. The predicted molar refractivity (Wildman–Crippen MR) is 132 cm³/mol.